The minimum absolute atomic E-state index is 0.0777. The van der Waals surface area contributed by atoms with E-state index >= 15 is 0 Å². The van der Waals surface area contributed by atoms with E-state index in [0.717, 1.165) is 0 Å². The van der Waals surface area contributed by atoms with Gasteiger partial charge in [0.25, 0.3) is 5.69 Å². The van der Waals surface area contributed by atoms with Gasteiger partial charge in [0, 0.05) is 23.9 Å². The summed E-state index contributed by atoms with van der Waals surface area (Å²) in [5.74, 6) is 0.929. The Labute approximate surface area is 115 Å². The number of nitro benzene ring substituents is 1. The minimum atomic E-state index is -0.410. The lowest BCUT2D eigenvalue weighted by molar-refractivity contribution is -0.385. The van der Waals surface area contributed by atoms with Crippen molar-refractivity contribution < 1.29 is 9.66 Å². The van der Waals surface area contributed by atoms with Crippen LogP contribution in [0.2, 0.25) is 5.02 Å². The van der Waals surface area contributed by atoms with E-state index in [1.54, 1.807) is 32.0 Å². The molecule has 2 rings (SSSR count). The number of hydrogen-bond donors (Lipinski definition) is 0. The largest absolute Gasteiger partial charge is 0.439 e. The molecule has 2 aromatic rings. The second-order valence-corrected chi connectivity index (χ2v) is 4.51. The molecule has 5 nitrogen and oxygen atoms in total. The molecule has 0 saturated carbocycles. The zero-order valence-electron chi connectivity index (χ0n) is 10.4. The molecule has 1 heterocycles. The van der Waals surface area contributed by atoms with Gasteiger partial charge in [0.15, 0.2) is 0 Å². The Kier molecular flexibility index (Phi) is 3.66. The van der Waals surface area contributed by atoms with Crippen LogP contribution in [0.1, 0.15) is 11.1 Å². The Bertz CT molecular complexity index is 627. The van der Waals surface area contributed by atoms with Gasteiger partial charge in [-0.15, -0.1) is 0 Å². The maximum absolute atomic E-state index is 10.8. The van der Waals surface area contributed by atoms with Crippen LogP contribution in [0.15, 0.2) is 30.5 Å². The molecule has 98 valence electrons. The van der Waals surface area contributed by atoms with Gasteiger partial charge < -0.3 is 4.74 Å². The van der Waals surface area contributed by atoms with Gasteiger partial charge in [-0.1, -0.05) is 11.6 Å². The van der Waals surface area contributed by atoms with Crippen molar-refractivity contribution in [1.29, 1.82) is 0 Å². The van der Waals surface area contributed by atoms with Crippen LogP contribution in [0.3, 0.4) is 0 Å². The highest BCUT2D eigenvalue weighted by molar-refractivity contribution is 6.30. The van der Waals surface area contributed by atoms with E-state index in [0.29, 0.717) is 27.8 Å². The third-order valence-corrected chi connectivity index (χ3v) is 2.83. The van der Waals surface area contributed by atoms with Crippen LogP contribution in [0.4, 0.5) is 5.69 Å². The number of ether oxygens (including phenoxy) is 1. The van der Waals surface area contributed by atoms with E-state index in [4.69, 9.17) is 16.3 Å². The molecule has 19 heavy (non-hydrogen) atoms. The van der Waals surface area contributed by atoms with E-state index in [1.165, 1.54) is 12.3 Å². The van der Waals surface area contributed by atoms with Crippen molar-refractivity contribution in [1.82, 2.24) is 4.98 Å². The molecule has 0 aliphatic rings. The number of halogens is 1. The molecular formula is C13H11ClN2O3. The highest BCUT2D eigenvalue weighted by Gasteiger charge is 2.14. The first-order valence-corrected chi connectivity index (χ1v) is 5.90. The first-order valence-electron chi connectivity index (χ1n) is 5.52. The molecule has 0 spiro atoms. The zero-order chi connectivity index (χ0) is 14.0. The van der Waals surface area contributed by atoms with Crippen molar-refractivity contribution in [2.45, 2.75) is 13.8 Å². The monoisotopic (exact) mass is 278 g/mol. The van der Waals surface area contributed by atoms with Gasteiger partial charge in [-0.2, -0.15) is 0 Å². The van der Waals surface area contributed by atoms with Crippen molar-refractivity contribution in [3.8, 4) is 11.6 Å². The molecule has 0 atom stereocenters. The highest BCUT2D eigenvalue weighted by atomic mass is 35.5. The van der Waals surface area contributed by atoms with E-state index in [-0.39, 0.29) is 5.69 Å². The summed E-state index contributed by atoms with van der Waals surface area (Å²) in [5, 5.41) is 11.3. The second kappa shape index (κ2) is 5.24. The van der Waals surface area contributed by atoms with Gasteiger partial charge in [-0.25, -0.2) is 4.98 Å². The third kappa shape index (κ3) is 3.00. The van der Waals surface area contributed by atoms with Crippen molar-refractivity contribution in [3.05, 3.63) is 56.7 Å². The van der Waals surface area contributed by atoms with Crippen LogP contribution in [0.5, 0.6) is 11.6 Å². The van der Waals surface area contributed by atoms with Gasteiger partial charge in [0.2, 0.25) is 5.88 Å². The molecule has 0 bridgehead atoms. The van der Waals surface area contributed by atoms with Gasteiger partial charge in [0.05, 0.1) is 9.95 Å². The van der Waals surface area contributed by atoms with Gasteiger partial charge in [-0.3, -0.25) is 10.1 Å². The van der Waals surface area contributed by atoms with E-state index in [1.807, 2.05) is 0 Å². The van der Waals surface area contributed by atoms with Crippen LogP contribution < -0.4 is 4.74 Å². The summed E-state index contributed by atoms with van der Waals surface area (Å²) in [6.45, 7) is 3.41. The molecular weight excluding hydrogens is 268 g/mol. The summed E-state index contributed by atoms with van der Waals surface area (Å²) >= 11 is 5.73. The average Bonchev–Trinajstić information content (AvgIpc) is 2.35. The number of nitro groups is 1. The van der Waals surface area contributed by atoms with E-state index in [9.17, 15) is 10.1 Å². The fourth-order valence-electron chi connectivity index (χ4n) is 1.62. The zero-order valence-corrected chi connectivity index (χ0v) is 11.1. The molecule has 0 unspecified atom stereocenters. The molecule has 0 N–H and O–H groups in total. The topological polar surface area (TPSA) is 65.3 Å². The summed E-state index contributed by atoms with van der Waals surface area (Å²) < 4.78 is 5.59. The van der Waals surface area contributed by atoms with Crippen molar-refractivity contribution in [3.63, 3.8) is 0 Å². The van der Waals surface area contributed by atoms with E-state index in [2.05, 4.69) is 4.98 Å². The van der Waals surface area contributed by atoms with Crippen LogP contribution in [-0.4, -0.2) is 9.91 Å². The molecule has 1 aromatic heterocycles. The Morgan fingerprint density at radius 1 is 1.26 bits per heavy atom. The SMILES string of the molecule is Cc1cc([N+](=O)[O-])c(C)cc1Oc1ccc(Cl)cn1. The van der Waals surface area contributed by atoms with Crippen LogP contribution >= 0.6 is 11.6 Å². The summed E-state index contributed by atoms with van der Waals surface area (Å²) in [7, 11) is 0. The number of aryl methyl sites for hydroxylation is 2. The first-order chi connectivity index (χ1) is 8.97. The molecule has 1 aromatic carbocycles. The normalized spacial score (nSPS) is 10.3. The molecule has 0 aliphatic carbocycles. The lowest BCUT2D eigenvalue weighted by Crippen LogP contribution is -1.96. The predicted molar refractivity (Wildman–Crippen MR) is 71.9 cm³/mol. The summed E-state index contributed by atoms with van der Waals surface area (Å²) in [5.41, 5.74) is 1.29. The summed E-state index contributed by atoms with van der Waals surface area (Å²) in [4.78, 5) is 14.4. The summed E-state index contributed by atoms with van der Waals surface area (Å²) in [6, 6.07) is 6.42. The van der Waals surface area contributed by atoms with Gasteiger partial charge >= 0.3 is 0 Å². The molecule has 0 aliphatic heterocycles. The number of nitrogens with zero attached hydrogens (tertiary/aromatic N) is 2. The van der Waals surface area contributed by atoms with Crippen LogP contribution in [0.25, 0.3) is 0 Å². The Hall–Kier alpha value is -2.14. The summed E-state index contributed by atoms with van der Waals surface area (Å²) in [6.07, 6.45) is 1.48. The standard InChI is InChI=1S/C13H11ClN2O3/c1-8-6-12(9(2)5-11(8)16(17)18)19-13-4-3-10(14)7-15-13/h3-7H,1-2H3. The Morgan fingerprint density at radius 2 is 2.00 bits per heavy atom. The Morgan fingerprint density at radius 3 is 2.58 bits per heavy atom. The van der Waals surface area contributed by atoms with Gasteiger partial charge in [-0.05, 0) is 31.5 Å². The minimum Gasteiger partial charge on any atom is -0.439 e. The van der Waals surface area contributed by atoms with Crippen molar-refractivity contribution in [2.24, 2.45) is 0 Å². The average molecular weight is 279 g/mol. The molecule has 6 heteroatoms. The van der Waals surface area contributed by atoms with E-state index < -0.39 is 4.92 Å². The fraction of sp³-hybridized carbons (Fsp3) is 0.154. The van der Waals surface area contributed by atoms with Crippen molar-refractivity contribution in [2.75, 3.05) is 0 Å². The molecule has 0 fully saturated rings. The maximum Gasteiger partial charge on any atom is 0.272 e. The van der Waals surface area contributed by atoms with Crippen LogP contribution in [-0.2, 0) is 0 Å². The van der Waals surface area contributed by atoms with Crippen molar-refractivity contribution >= 4 is 17.3 Å². The quantitative estimate of drug-likeness (QED) is 0.627. The number of benzene rings is 1. The number of pyridine rings is 1. The lowest BCUT2D eigenvalue weighted by atomic mass is 10.1. The fourth-order valence-corrected chi connectivity index (χ4v) is 1.73. The highest BCUT2D eigenvalue weighted by Crippen LogP contribution is 2.30. The smallest absolute Gasteiger partial charge is 0.272 e. The first kappa shape index (κ1) is 13.3. The predicted octanol–water partition coefficient (Wildman–Crippen LogP) is 4.05. The van der Waals surface area contributed by atoms with Crippen LogP contribution in [0, 0.1) is 24.0 Å². The number of hydrogen-bond acceptors (Lipinski definition) is 4. The lowest BCUT2D eigenvalue weighted by Gasteiger charge is -2.09. The van der Waals surface area contributed by atoms with Gasteiger partial charge in [0.1, 0.15) is 5.75 Å². The molecule has 0 saturated heterocycles. The second-order valence-electron chi connectivity index (χ2n) is 4.08. The maximum atomic E-state index is 10.8. The molecule has 0 amide bonds. The number of rotatable bonds is 3. The Balaban J connectivity index is 2.33. The third-order valence-electron chi connectivity index (χ3n) is 2.60. The number of aromatic nitrogens is 1. The molecule has 0 radical (unpaired) electrons.